The SMILES string of the molecule is Cc1cc(-c2ccc(C)c(S(=O)(=O)N(C)CC3COc4ccccc4O3)c2)on1. The van der Waals surface area contributed by atoms with E-state index in [0.29, 0.717) is 28.4 Å². The molecule has 0 saturated carbocycles. The van der Waals surface area contributed by atoms with Gasteiger partial charge in [0.15, 0.2) is 17.3 Å². The van der Waals surface area contributed by atoms with Crippen molar-refractivity contribution in [3.63, 3.8) is 0 Å². The second kappa shape index (κ2) is 7.53. The Bertz CT molecular complexity index is 1140. The molecule has 0 aliphatic carbocycles. The molecule has 0 N–H and O–H groups in total. The quantitative estimate of drug-likeness (QED) is 0.636. The van der Waals surface area contributed by atoms with Crippen molar-refractivity contribution in [3.8, 4) is 22.8 Å². The Morgan fingerprint density at radius 2 is 1.86 bits per heavy atom. The summed E-state index contributed by atoms with van der Waals surface area (Å²) < 4.78 is 44.7. The molecule has 1 aliphatic rings. The van der Waals surface area contributed by atoms with Crippen molar-refractivity contribution >= 4 is 10.0 Å². The third-order valence-electron chi connectivity index (χ3n) is 4.82. The fourth-order valence-electron chi connectivity index (χ4n) is 3.24. The van der Waals surface area contributed by atoms with Crippen LogP contribution in [0.3, 0.4) is 0 Å². The van der Waals surface area contributed by atoms with Gasteiger partial charge in [-0.15, -0.1) is 0 Å². The van der Waals surface area contributed by atoms with Crippen molar-refractivity contribution in [1.82, 2.24) is 9.46 Å². The predicted octanol–water partition coefficient (Wildman–Crippen LogP) is 3.42. The van der Waals surface area contributed by atoms with Gasteiger partial charge in [-0.2, -0.15) is 4.31 Å². The van der Waals surface area contributed by atoms with Crippen LogP contribution in [0.1, 0.15) is 11.3 Å². The van der Waals surface area contributed by atoms with E-state index in [1.54, 1.807) is 32.2 Å². The van der Waals surface area contributed by atoms with Crippen LogP contribution in [-0.4, -0.2) is 44.2 Å². The maximum absolute atomic E-state index is 13.2. The number of aryl methyl sites for hydroxylation is 2. The lowest BCUT2D eigenvalue weighted by atomic mass is 10.1. The van der Waals surface area contributed by atoms with Gasteiger partial charge < -0.3 is 14.0 Å². The van der Waals surface area contributed by atoms with Gasteiger partial charge in [0.2, 0.25) is 10.0 Å². The van der Waals surface area contributed by atoms with Gasteiger partial charge in [-0.25, -0.2) is 8.42 Å². The smallest absolute Gasteiger partial charge is 0.243 e. The van der Waals surface area contributed by atoms with E-state index in [1.807, 2.05) is 37.3 Å². The molecule has 2 aromatic carbocycles. The van der Waals surface area contributed by atoms with Gasteiger partial charge in [0, 0.05) is 18.7 Å². The van der Waals surface area contributed by atoms with Crippen LogP contribution in [0.2, 0.25) is 0 Å². The van der Waals surface area contributed by atoms with Crippen molar-refractivity contribution in [1.29, 1.82) is 0 Å². The fourth-order valence-corrected chi connectivity index (χ4v) is 4.69. The number of benzene rings is 2. The molecule has 152 valence electrons. The predicted molar refractivity (Wildman–Crippen MR) is 108 cm³/mol. The van der Waals surface area contributed by atoms with E-state index in [-0.39, 0.29) is 18.0 Å². The maximum atomic E-state index is 13.2. The van der Waals surface area contributed by atoms with Crippen LogP contribution in [-0.2, 0) is 10.0 Å². The van der Waals surface area contributed by atoms with E-state index in [9.17, 15) is 8.42 Å². The molecule has 1 unspecified atom stereocenters. The van der Waals surface area contributed by atoms with Crippen LogP contribution in [0.25, 0.3) is 11.3 Å². The van der Waals surface area contributed by atoms with Gasteiger partial charge >= 0.3 is 0 Å². The monoisotopic (exact) mass is 414 g/mol. The molecule has 0 bridgehead atoms. The Labute approximate surface area is 169 Å². The zero-order valence-electron chi connectivity index (χ0n) is 16.5. The molecule has 3 aromatic rings. The van der Waals surface area contributed by atoms with E-state index >= 15 is 0 Å². The largest absolute Gasteiger partial charge is 0.486 e. The number of para-hydroxylation sites is 2. The first-order chi connectivity index (χ1) is 13.8. The molecular formula is C21H22N2O5S. The van der Waals surface area contributed by atoms with E-state index < -0.39 is 16.1 Å². The Hall–Kier alpha value is -2.84. The first kappa shape index (κ1) is 19.5. The van der Waals surface area contributed by atoms with E-state index in [0.717, 1.165) is 5.69 Å². The summed E-state index contributed by atoms with van der Waals surface area (Å²) in [6.45, 7) is 4.04. The molecule has 7 nitrogen and oxygen atoms in total. The average Bonchev–Trinajstić information content (AvgIpc) is 3.14. The highest BCUT2D eigenvalue weighted by Gasteiger charge is 2.29. The van der Waals surface area contributed by atoms with Gasteiger partial charge in [0.1, 0.15) is 12.7 Å². The van der Waals surface area contributed by atoms with Crippen molar-refractivity contribution in [2.75, 3.05) is 20.2 Å². The second-order valence-electron chi connectivity index (χ2n) is 7.10. The third kappa shape index (κ3) is 3.86. The molecular weight excluding hydrogens is 392 g/mol. The normalized spacial score (nSPS) is 16.2. The highest BCUT2D eigenvalue weighted by molar-refractivity contribution is 7.89. The number of hydrogen-bond acceptors (Lipinski definition) is 6. The summed E-state index contributed by atoms with van der Waals surface area (Å²) in [7, 11) is -2.19. The number of likely N-dealkylation sites (N-methyl/N-ethyl adjacent to an activating group) is 1. The Morgan fingerprint density at radius 3 is 2.59 bits per heavy atom. The lowest BCUT2D eigenvalue weighted by molar-refractivity contribution is 0.0798. The van der Waals surface area contributed by atoms with Crippen molar-refractivity contribution in [3.05, 3.63) is 59.8 Å². The molecule has 1 atom stereocenters. The van der Waals surface area contributed by atoms with E-state index in [2.05, 4.69) is 5.16 Å². The number of aromatic nitrogens is 1. The minimum absolute atomic E-state index is 0.168. The molecule has 0 saturated heterocycles. The summed E-state index contributed by atoms with van der Waals surface area (Å²) >= 11 is 0. The minimum Gasteiger partial charge on any atom is -0.486 e. The summed E-state index contributed by atoms with van der Waals surface area (Å²) in [5.41, 5.74) is 2.05. The first-order valence-corrected chi connectivity index (χ1v) is 10.7. The molecule has 0 amide bonds. The van der Waals surface area contributed by atoms with Crippen LogP contribution in [0.15, 0.2) is 57.9 Å². The van der Waals surface area contributed by atoms with Crippen LogP contribution in [0, 0.1) is 13.8 Å². The summed E-state index contributed by atoms with van der Waals surface area (Å²) in [5.74, 6) is 1.82. The standard InChI is InChI=1S/C21H22N2O5S/c1-14-8-9-16(20-10-15(2)22-28-20)11-21(14)29(24,25)23(3)12-17-13-26-18-6-4-5-7-19(18)27-17/h4-11,17H,12-13H2,1-3H3. The third-order valence-corrected chi connectivity index (χ3v) is 6.78. The number of ether oxygens (including phenoxy) is 2. The Morgan fingerprint density at radius 1 is 1.10 bits per heavy atom. The van der Waals surface area contributed by atoms with Gasteiger partial charge in [0.25, 0.3) is 0 Å². The molecule has 0 fully saturated rings. The zero-order chi connectivity index (χ0) is 20.6. The molecule has 0 radical (unpaired) electrons. The van der Waals surface area contributed by atoms with Crippen LogP contribution in [0.5, 0.6) is 11.5 Å². The fraction of sp³-hybridized carbons (Fsp3) is 0.286. The summed E-state index contributed by atoms with van der Waals surface area (Å²) in [6.07, 6.45) is -0.398. The summed E-state index contributed by atoms with van der Waals surface area (Å²) in [5, 5.41) is 3.87. The van der Waals surface area contributed by atoms with Crippen molar-refractivity contribution in [2.24, 2.45) is 0 Å². The van der Waals surface area contributed by atoms with E-state index in [1.165, 1.54) is 4.31 Å². The number of fused-ring (bicyclic) bond motifs is 1. The molecule has 0 spiro atoms. The lowest BCUT2D eigenvalue weighted by Gasteiger charge is -2.29. The number of rotatable bonds is 5. The molecule has 4 rings (SSSR count). The van der Waals surface area contributed by atoms with Gasteiger partial charge in [-0.05, 0) is 37.6 Å². The number of nitrogens with zero attached hydrogens (tertiary/aromatic N) is 2. The van der Waals surface area contributed by atoms with Gasteiger partial charge in [-0.3, -0.25) is 0 Å². The van der Waals surface area contributed by atoms with Crippen molar-refractivity contribution in [2.45, 2.75) is 24.8 Å². The average molecular weight is 414 g/mol. The molecule has 29 heavy (non-hydrogen) atoms. The zero-order valence-corrected chi connectivity index (χ0v) is 17.3. The van der Waals surface area contributed by atoms with Gasteiger partial charge in [-0.1, -0.05) is 29.4 Å². The Balaban J connectivity index is 1.56. The summed E-state index contributed by atoms with van der Waals surface area (Å²) in [4.78, 5) is 0.226. The van der Waals surface area contributed by atoms with Crippen LogP contribution >= 0.6 is 0 Å². The molecule has 1 aliphatic heterocycles. The Kier molecular flexibility index (Phi) is 5.06. The maximum Gasteiger partial charge on any atom is 0.243 e. The highest BCUT2D eigenvalue weighted by atomic mass is 32.2. The molecule has 8 heteroatoms. The summed E-state index contributed by atoms with van der Waals surface area (Å²) in [6, 6.07) is 14.3. The van der Waals surface area contributed by atoms with Crippen LogP contribution in [0.4, 0.5) is 0 Å². The number of sulfonamides is 1. The highest BCUT2D eigenvalue weighted by Crippen LogP contribution is 2.32. The second-order valence-corrected chi connectivity index (χ2v) is 9.11. The first-order valence-electron chi connectivity index (χ1n) is 9.24. The molecule has 1 aromatic heterocycles. The van der Waals surface area contributed by atoms with Crippen molar-refractivity contribution < 1.29 is 22.4 Å². The lowest BCUT2D eigenvalue weighted by Crippen LogP contribution is -2.41. The topological polar surface area (TPSA) is 81.9 Å². The van der Waals surface area contributed by atoms with E-state index in [4.69, 9.17) is 14.0 Å². The molecule has 2 heterocycles. The van der Waals surface area contributed by atoms with Crippen LogP contribution < -0.4 is 9.47 Å². The number of hydrogen-bond donors (Lipinski definition) is 0. The van der Waals surface area contributed by atoms with Gasteiger partial charge in [0.05, 0.1) is 17.1 Å². The minimum atomic E-state index is -3.73.